The van der Waals surface area contributed by atoms with Gasteiger partial charge in [0.25, 0.3) is 0 Å². The molecule has 0 saturated heterocycles. The van der Waals surface area contributed by atoms with Crippen LogP contribution in [0.3, 0.4) is 0 Å². The van der Waals surface area contributed by atoms with E-state index in [2.05, 4.69) is 6.08 Å². The molecule has 0 aromatic carbocycles. The van der Waals surface area contributed by atoms with Crippen LogP contribution in [0.15, 0.2) is 6.08 Å². The van der Waals surface area contributed by atoms with Gasteiger partial charge in [-0.1, -0.05) is 24.6 Å². The number of halogens is 2. The standard InChI is InChI=1S/C21H30ClFO3S/c1-7-25-19(24)17(26-20(3,4)5)15-13(2)27-18(22)16(15)14-8-10-21(6,12-23)11-9-14/h8,17H,7,9-12H2,1-6H3. The van der Waals surface area contributed by atoms with Crippen LogP contribution in [0.5, 0.6) is 0 Å². The number of rotatable bonds is 6. The summed E-state index contributed by atoms with van der Waals surface area (Å²) in [5, 5.41) is 0. The molecule has 152 valence electrons. The van der Waals surface area contributed by atoms with Crippen molar-refractivity contribution in [3.8, 4) is 0 Å². The summed E-state index contributed by atoms with van der Waals surface area (Å²) < 4.78 is 25.4. The lowest BCUT2D eigenvalue weighted by molar-refractivity contribution is -0.166. The summed E-state index contributed by atoms with van der Waals surface area (Å²) in [6.45, 7) is 11.4. The average molecular weight is 417 g/mol. The van der Waals surface area contributed by atoms with Gasteiger partial charge in [0.15, 0.2) is 6.10 Å². The maximum absolute atomic E-state index is 13.3. The second-order valence-electron chi connectivity index (χ2n) is 8.46. The van der Waals surface area contributed by atoms with Gasteiger partial charge in [0.2, 0.25) is 0 Å². The van der Waals surface area contributed by atoms with Crippen LogP contribution in [0.4, 0.5) is 4.39 Å². The van der Waals surface area contributed by atoms with Gasteiger partial charge in [-0.15, -0.1) is 11.3 Å². The summed E-state index contributed by atoms with van der Waals surface area (Å²) in [6, 6.07) is 0. The molecule has 6 heteroatoms. The molecule has 1 heterocycles. The minimum absolute atomic E-state index is 0.284. The Morgan fingerprint density at radius 3 is 2.59 bits per heavy atom. The Balaban J connectivity index is 2.51. The van der Waals surface area contributed by atoms with E-state index in [0.717, 1.165) is 34.4 Å². The van der Waals surface area contributed by atoms with Gasteiger partial charge < -0.3 is 9.47 Å². The van der Waals surface area contributed by atoms with Crippen LogP contribution >= 0.6 is 22.9 Å². The molecule has 27 heavy (non-hydrogen) atoms. The van der Waals surface area contributed by atoms with Crippen LogP contribution < -0.4 is 0 Å². The van der Waals surface area contributed by atoms with Gasteiger partial charge in [-0.3, -0.25) is 4.39 Å². The van der Waals surface area contributed by atoms with Crippen LogP contribution in [0.2, 0.25) is 4.34 Å². The quantitative estimate of drug-likeness (QED) is 0.485. The number of hydrogen-bond donors (Lipinski definition) is 0. The molecule has 0 amide bonds. The van der Waals surface area contributed by atoms with Gasteiger partial charge in [-0.25, -0.2) is 4.79 Å². The number of alkyl halides is 1. The fourth-order valence-electron chi connectivity index (χ4n) is 3.29. The number of esters is 1. The molecule has 0 spiro atoms. The Morgan fingerprint density at radius 1 is 1.44 bits per heavy atom. The Bertz CT molecular complexity index is 720. The zero-order valence-electron chi connectivity index (χ0n) is 17.1. The Kier molecular flexibility index (Phi) is 7.15. The third-order valence-electron chi connectivity index (χ3n) is 4.81. The molecule has 3 nitrogen and oxygen atoms in total. The van der Waals surface area contributed by atoms with Gasteiger partial charge >= 0.3 is 5.97 Å². The molecular formula is C21H30ClFO3S. The second kappa shape index (κ2) is 8.62. The zero-order chi connectivity index (χ0) is 20.4. The molecule has 2 rings (SSSR count). The van der Waals surface area contributed by atoms with Gasteiger partial charge in [-0.2, -0.15) is 0 Å². The molecule has 0 bridgehead atoms. The Morgan fingerprint density at radius 2 is 2.11 bits per heavy atom. The highest BCUT2D eigenvalue weighted by Gasteiger charge is 2.36. The van der Waals surface area contributed by atoms with Crippen LogP contribution in [0.1, 0.15) is 76.0 Å². The zero-order valence-corrected chi connectivity index (χ0v) is 18.7. The van der Waals surface area contributed by atoms with E-state index in [1.807, 2.05) is 34.6 Å². The number of hydrogen-bond acceptors (Lipinski definition) is 4. The number of carbonyl (C=O) groups excluding carboxylic acids is 1. The van der Waals surface area contributed by atoms with E-state index >= 15 is 0 Å². The largest absolute Gasteiger partial charge is 0.464 e. The summed E-state index contributed by atoms with van der Waals surface area (Å²) in [7, 11) is 0. The normalized spacial score (nSPS) is 21.7. The van der Waals surface area contributed by atoms with E-state index < -0.39 is 17.7 Å². The molecule has 1 aliphatic rings. The van der Waals surface area contributed by atoms with E-state index in [0.29, 0.717) is 10.8 Å². The van der Waals surface area contributed by atoms with Crippen molar-refractivity contribution < 1.29 is 18.7 Å². The number of aryl methyl sites for hydroxylation is 1. The number of allylic oxidation sites excluding steroid dienone is 2. The predicted octanol–water partition coefficient (Wildman–Crippen LogP) is 6.67. The molecule has 0 aliphatic heterocycles. The van der Waals surface area contributed by atoms with Crippen LogP contribution in [-0.4, -0.2) is 24.9 Å². The second-order valence-corrected chi connectivity index (χ2v) is 10.3. The van der Waals surface area contributed by atoms with E-state index in [4.69, 9.17) is 21.1 Å². The highest BCUT2D eigenvalue weighted by atomic mass is 35.5. The first-order chi connectivity index (χ1) is 12.5. The lowest BCUT2D eigenvalue weighted by Crippen LogP contribution is -2.29. The molecular weight excluding hydrogens is 387 g/mol. The predicted molar refractivity (Wildman–Crippen MR) is 110 cm³/mol. The first kappa shape index (κ1) is 22.4. The van der Waals surface area contributed by atoms with E-state index in [1.165, 1.54) is 11.3 Å². The van der Waals surface area contributed by atoms with Crippen molar-refractivity contribution in [1.82, 2.24) is 0 Å². The maximum Gasteiger partial charge on any atom is 0.340 e. The minimum Gasteiger partial charge on any atom is -0.464 e. The highest BCUT2D eigenvalue weighted by molar-refractivity contribution is 7.16. The number of carbonyl (C=O) groups is 1. The van der Waals surface area contributed by atoms with Gasteiger partial charge in [0, 0.05) is 16.0 Å². The van der Waals surface area contributed by atoms with E-state index in [9.17, 15) is 9.18 Å². The fourth-order valence-corrected chi connectivity index (χ4v) is 4.79. The topological polar surface area (TPSA) is 35.5 Å². The monoisotopic (exact) mass is 416 g/mol. The summed E-state index contributed by atoms with van der Waals surface area (Å²) >= 11 is 8.03. The third kappa shape index (κ3) is 5.33. The number of thiophene rings is 1. The first-order valence-electron chi connectivity index (χ1n) is 9.40. The summed E-state index contributed by atoms with van der Waals surface area (Å²) in [6.07, 6.45) is 3.38. The summed E-state index contributed by atoms with van der Waals surface area (Å²) in [4.78, 5) is 13.7. The molecule has 1 aromatic heterocycles. The minimum atomic E-state index is -0.834. The van der Waals surface area contributed by atoms with Crippen molar-refractivity contribution in [1.29, 1.82) is 0 Å². The van der Waals surface area contributed by atoms with Crippen molar-refractivity contribution >= 4 is 34.5 Å². The molecule has 2 unspecified atom stereocenters. The third-order valence-corrected chi connectivity index (χ3v) is 6.13. The van der Waals surface area contributed by atoms with Crippen molar-refractivity contribution in [2.75, 3.05) is 13.3 Å². The van der Waals surface area contributed by atoms with E-state index in [-0.39, 0.29) is 18.7 Å². The molecule has 0 N–H and O–H groups in total. The SMILES string of the molecule is CCOC(=O)C(OC(C)(C)C)c1c(C)sc(Cl)c1C1=CCC(C)(CF)CC1. The highest BCUT2D eigenvalue weighted by Crippen LogP contribution is 2.47. The number of ether oxygens (including phenoxy) is 2. The Labute approximate surface area is 170 Å². The van der Waals surface area contributed by atoms with Crippen molar-refractivity contribution in [2.45, 2.75) is 72.5 Å². The van der Waals surface area contributed by atoms with Crippen molar-refractivity contribution in [3.05, 3.63) is 26.4 Å². The van der Waals surface area contributed by atoms with Gasteiger partial charge in [0.05, 0.1) is 18.9 Å². The smallest absolute Gasteiger partial charge is 0.340 e. The average Bonchev–Trinajstić information content (AvgIpc) is 2.87. The molecule has 2 atom stereocenters. The summed E-state index contributed by atoms with van der Waals surface area (Å²) in [5.74, 6) is -0.406. The Hall–Kier alpha value is -0.910. The first-order valence-corrected chi connectivity index (χ1v) is 10.6. The molecule has 0 fully saturated rings. The molecule has 0 radical (unpaired) electrons. The van der Waals surface area contributed by atoms with Crippen LogP contribution in [-0.2, 0) is 14.3 Å². The molecule has 1 aromatic rings. The van der Waals surface area contributed by atoms with E-state index in [1.54, 1.807) is 6.92 Å². The molecule has 1 aliphatic carbocycles. The molecule has 0 saturated carbocycles. The lowest BCUT2D eigenvalue weighted by Gasteiger charge is -2.31. The van der Waals surface area contributed by atoms with Crippen LogP contribution in [0, 0.1) is 12.3 Å². The van der Waals surface area contributed by atoms with Crippen LogP contribution in [0.25, 0.3) is 5.57 Å². The fraction of sp³-hybridized carbons (Fsp3) is 0.667. The van der Waals surface area contributed by atoms with Crippen molar-refractivity contribution in [3.63, 3.8) is 0 Å². The van der Waals surface area contributed by atoms with Crippen molar-refractivity contribution in [2.24, 2.45) is 5.41 Å². The summed E-state index contributed by atoms with van der Waals surface area (Å²) in [5.41, 5.74) is 1.88. The maximum atomic E-state index is 13.3. The lowest BCUT2D eigenvalue weighted by atomic mass is 9.76. The van der Waals surface area contributed by atoms with Gasteiger partial charge in [-0.05, 0) is 64.9 Å². The van der Waals surface area contributed by atoms with Gasteiger partial charge in [0.1, 0.15) is 4.34 Å².